The zero-order chi connectivity index (χ0) is 14.0. The van der Waals surface area contributed by atoms with Crippen LogP contribution in [0, 0.1) is 5.82 Å². The van der Waals surface area contributed by atoms with E-state index in [1.807, 2.05) is 0 Å². The minimum atomic E-state index is -0.497. The summed E-state index contributed by atoms with van der Waals surface area (Å²) in [5.74, 6) is -0.457. The second kappa shape index (κ2) is 5.52. The van der Waals surface area contributed by atoms with Gasteiger partial charge in [0.1, 0.15) is 6.61 Å². The molecule has 1 heterocycles. The van der Waals surface area contributed by atoms with Gasteiger partial charge in [-0.3, -0.25) is 4.79 Å². The number of carbonyl (C=O) groups excluding carboxylic acids is 1. The Morgan fingerprint density at radius 3 is 2.90 bits per heavy atom. The van der Waals surface area contributed by atoms with Crippen molar-refractivity contribution >= 4 is 6.29 Å². The normalized spacial score (nSPS) is 24.1. The third-order valence-electron chi connectivity index (χ3n) is 4.39. The number of benzene rings is 1. The number of ether oxygens (including phenoxy) is 2. The second-order valence-electron chi connectivity index (χ2n) is 5.76. The number of carbonyl (C=O) groups is 1. The summed E-state index contributed by atoms with van der Waals surface area (Å²) in [4.78, 5) is 10.9. The molecule has 108 valence electrons. The van der Waals surface area contributed by atoms with Gasteiger partial charge in [0.15, 0.2) is 17.9 Å². The SMILES string of the molecule is O=Cc1cccc(F)c1OCC1CCC2(CCCC2)O1. The minimum Gasteiger partial charge on any atom is -0.487 e. The van der Waals surface area contributed by atoms with Crippen LogP contribution in [-0.2, 0) is 4.74 Å². The first-order valence-corrected chi connectivity index (χ1v) is 7.27. The molecule has 1 spiro atoms. The van der Waals surface area contributed by atoms with Gasteiger partial charge in [0.05, 0.1) is 17.3 Å². The predicted octanol–water partition coefficient (Wildman–Crippen LogP) is 3.51. The Morgan fingerprint density at radius 1 is 1.35 bits per heavy atom. The molecular formula is C16H19FO3. The largest absolute Gasteiger partial charge is 0.487 e. The van der Waals surface area contributed by atoms with Crippen LogP contribution >= 0.6 is 0 Å². The van der Waals surface area contributed by atoms with E-state index in [9.17, 15) is 9.18 Å². The Kier molecular flexibility index (Phi) is 3.74. The molecule has 0 aromatic heterocycles. The van der Waals surface area contributed by atoms with Crippen molar-refractivity contribution in [1.82, 2.24) is 0 Å². The maximum absolute atomic E-state index is 13.7. The number of halogens is 1. The summed E-state index contributed by atoms with van der Waals surface area (Å²) in [6.45, 7) is 0.309. The quantitative estimate of drug-likeness (QED) is 0.791. The molecule has 1 saturated heterocycles. The van der Waals surface area contributed by atoms with Crippen LogP contribution in [0.25, 0.3) is 0 Å². The molecule has 0 amide bonds. The lowest BCUT2D eigenvalue weighted by atomic mass is 9.98. The second-order valence-corrected chi connectivity index (χ2v) is 5.76. The monoisotopic (exact) mass is 278 g/mol. The molecule has 3 nitrogen and oxygen atoms in total. The maximum Gasteiger partial charge on any atom is 0.165 e. The van der Waals surface area contributed by atoms with Crippen LogP contribution in [0.1, 0.15) is 48.9 Å². The number of rotatable bonds is 4. The van der Waals surface area contributed by atoms with Gasteiger partial charge in [0.25, 0.3) is 0 Å². The molecule has 0 bridgehead atoms. The molecule has 1 aliphatic carbocycles. The van der Waals surface area contributed by atoms with Crippen LogP contribution in [-0.4, -0.2) is 24.6 Å². The summed E-state index contributed by atoms with van der Waals surface area (Å²) in [6, 6.07) is 4.36. The van der Waals surface area contributed by atoms with Crippen LogP contribution in [0.5, 0.6) is 5.75 Å². The fraction of sp³-hybridized carbons (Fsp3) is 0.562. The van der Waals surface area contributed by atoms with Crippen molar-refractivity contribution in [3.05, 3.63) is 29.6 Å². The fourth-order valence-corrected chi connectivity index (χ4v) is 3.35. The summed E-state index contributed by atoms with van der Waals surface area (Å²) >= 11 is 0. The standard InChI is InChI=1S/C16H19FO3/c17-14-5-3-4-12(10-18)15(14)19-11-13-6-9-16(20-13)7-1-2-8-16/h3-5,10,13H,1-2,6-9,11H2. The van der Waals surface area contributed by atoms with Crippen molar-refractivity contribution in [2.75, 3.05) is 6.61 Å². The topological polar surface area (TPSA) is 35.5 Å². The first kappa shape index (κ1) is 13.6. The third kappa shape index (κ3) is 2.57. The molecule has 3 rings (SSSR count). The zero-order valence-corrected chi connectivity index (χ0v) is 11.4. The van der Waals surface area contributed by atoms with Gasteiger partial charge in [0, 0.05) is 0 Å². The smallest absolute Gasteiger partial charge is 0.165 e. The highest BCUT2D eigenvalue weighted by molar-refractivity contribution is 5.79. The molecule has 0 N–H and O–H groups in total. The molecule has 0 radical (unpaired) electrons. The van der Waals surface area contributed by atoms with Gasteiger partial charge in [-0.15, -0.1) is 0 Å². The number of hydrogen-bond acceptors (Lipinski definition) is 3. The molecule has 4 heteroatoms. The van der Waals surface area contributed by atoms with Gasteiger partial charge < -0.3 is 9.47 Å². The summed E-state index contributed by atoms with van der Waals surface area (Å²) < 4.78 is 25.3. The molecular weight excluding hydrogens is 259 g/mol. The Hall–Kier alpha value is -1.42. The lowest BCUT2D eigenvalue weighted by Gasteiger charge is -2.24. The fourth-order valence-electron chi connectivity index (χ4n) is 3.35. The molecule has 2 fully saturated rings. The van der Waals surface area contributed by atoms with Crippen LogP contribution in [0.3, 0.4) is 0 Å². The first-order valence-electron chi connectivity index (χ1n) is 7.27. The van der Waals surface area contributed by atoms with Crippen molar-refractivity contribution in [2.45, 2.75) is 50.2 Å². The van der Waals surface area contributed by atoms with E-state index in [2.05, 4.69) is 0 Å². The van der Waals surface area contributed by atoms with Crippen molar-refractivity contribution in [3.8, 4) is 5.75 Å². The van der Waals surface area contributed by atoms with Crippen LogP contribution in [0.4, 0.5) is 4.39 Å². The number of para-hydroxylation sites is 1. The number of hydrogen-bond donors (Lipinski definition) is 0. The van der Waals surface area contributed by atoms with Crippen LogP contribution < -0.4 is 4.74 Å². The van der Waals surface area contributed by atoms with Crippen LogP contribution in [0.2, 0.25) is 0 Å². The van der Waals surface area contributed by atoms with Gasteiger partial charge >= 0.3 is 0 Å². The van der Waals surface area contributed by atoms with E-state index in [4.69, 9.17) is 9.47 Å². The average Bonchev–Trinajstić information content (AvgIpc) is 3.08. The van der Waals surface area contributed by atoms with Gasteiger partial charge in [-0.25, -0.2) is 4.39 Å². The highest BCUT2D eigenvalue weighted by atomic mass is 19.1. The zero-order valence-electron chi connectivity index (χ0n) is 11.4. The Balaban J connectivity index is 1.62. The molecule has 1 saturated carbocycles. The van der Waals surface area contributed by atoms with E-state index < -0.39 is 5.82 Å². The average molecular weight is 278 g/mol. The highest BCUT2D eigenvalue weighted by Crippen LogP contribution is 2.43. The predicted molar refractivity (Wildman–Crippen MR) is 72.6 cm³/mol. The maximum atomic E-state index is 13.7. The van der Waals surface area contributed by atoms with Crippen molar-refractivity contribution < 1.29 is 18.7 Å². The molecule has 1 unspecified atom stereocenters. The lowest BCUT2D eigenvalue weighted by Crippen LogP contribution is -2.27. The van der Waals surface area contributed by atoms with Crippen molar-refractivity contribution in [1.29, 1.82) is 0 Å². The van der Waals surface area contributed by atoms with E-state index in [1.54, 1.807) is 6.07 Å². The van der Waals surface area contributed by atoms with Crippen LogP contribution in [0.15, 0.2) is 18.2 Å². The summed E-state index contributed by atoms with van der Waals surface area (Å²) in [5, 5.41) is 0. The highest BCUT2D eigenvalue weighted by Gasteiger charge is 2.42. The molecule has 1 aliphatic heterocycles. The lowest BCUT2D eigenvalue weighted by molar-refractivity contribution is -0.0512. The van der Waals surface area contributed by atoms with E-state index in [0.29, 0.717) is 12.9 Å². The third-order valence-corrected chi connectivity index (χ3v) is 4.39. The van der Waals surface area contributed by atoms with Gasteiger partial charge in [0.2, 0.25) is 0 Å². The van der Waals surface area contributed by atoms with Crippen molar-refractivity contribution in [3.63, 3.8) is 0 Å². The summed E-state index contributed by atoms with van der Waals surface area (Å²) in [6.07, 6.45) is 7.36. The molecule has 1 atom stereocenters. The van der Waals surface area contributed by atoms with E-state index in [-0.39, 0.29) is 23.0 Å². The summed E-state index contributed by atoms with van der Waals surface area (Å²) in [5.41, 5.74) is 0.301. The van der Waals surface area contributed by atoms with Gasteiger partial charge in [-0.05, 0) is 37.8 Å². The van der Waals surface area contributed by atoms with E-state index >= 15 is 0 Å². The summed E-state index contributed by atoms with van der Waals surface area (Å²) in [7, 11) is 0. The van der Waals surface area contributed by atoms with E-state index in [0.717, 1.165) is 25.7 Å². The first-order chi connectivity index (χ1) is 9.72. The Morgan fingerprint density at radius 2 is 2.15 bits per heavy atom. The van der Waals surface area contributed by atoms with Gasteiger partial charge in [-0.2, -0.15) is 0 Å². The number of aldehydes is 1. The molecule has 20 heavy (non-hydrogen) atoms. The Bertz CT molecular complexity index is 494. The van der Waals surface area contributed by atoms with Gasteiger partial charge in [-0.1, -0.05) is 18.9 Å². The minimum absolute atomic E-state index is 0.00667. The Labute approximate surface area is 118 Å². The molecule has 2 aliphatic rings. The molecule has 1 aromatic rings. The van der Waals surface area contributed by atoms with E-state index in [1.165, 1.54) is 25.0 Å². The van der Waals surface area contributed by atoms with Crippen molar-refractivity contribution in [2.24, 2.45) is 0 Å². The molecule has 1 aromatic carbocycles.